The molecule has 0 radical (unpaired) electrons. The number of fused-ring (bicyclic) bond motifs is 1. The monoisotopic (exact) mass is 346 g/mol. The quantitative estimate of drug-likeness (QED) is 0.884. The lowest BCUT2D eigenvalue weighted by atomic mass is 9.94. The lowest BCUT2D eigenvalue weighted by Crippen LogP contribution is -2.23. The SMILES string of the molecule is N#Cc1cccc(CNC2CCCc3sc(Br)cc32)c1. The van der Waals surface area contributed by atoms with E-state index in [1.807, 2.05) is 29.5 Å². The Hall–Kier alpha value is -1.15. The molecule has 0 saturated heterocycles. The van der Waals surface area contributed by atoms with Crippen LogP contribution in [-0.4, -0.2) is 0 Å². The minimum absolute atomic E-state index is 0.437. The van der Waals surface area contributed by atoms with Crippen molar-refractivity contribution < 1.29 is 0 Å². The van der Waals surface area contributed by atoms with E-state index in [1.165, 1.54) is 39.1 Å². The highest BCUT2D eigenvalue weighted by Gasteiger charge is 2.22. The molecule has 3 rings (SSSR count). The molecule has 1 aromatic carbocycles. The first-order chi connectivity index (χ1) is 9.76. The molecule has 1 atom stereocenters. The molecule has 1 unspecified atom stereocenters. The standard InChI is InChI=1S/C16H15BrN2S/c17-16-8-13-14(5-2-6-15(13)20-16)19-10-12-4-1-3-11(7-12)9-18/h1,3-4,7-8,14,19H,2,5-6,10H2. The second-order valence-electron chi connectivity index (χ2n) is 5.07. The van der Waals surface area contributed by atoms with Gasteiger partial charge in [-0.15, -0.1) is 11.3 Å². The van der Waals surface area contributed by atoms with E-state index in [-0.39, 0.29) is 0 Å². The van der Waals surface area contributed by atoms with Gasteiger partial charge in [-0.3, -0.25) is 0 Å². The van der Waals surface area contributed by atoms with Gasteiger partial charge < -0.3 is 5.32 Å². The molecule has 20 heavy (non-hydrogen) atoms. The molecule has 4 heteroatoms. The third kappa shape index (κ3) is 2.95. The average Bonchev–Trinajstić information content (AvgIpc) is 2.86. The van der Waals surface area contributed by atoms with E-state index in [1.54, 1.807) is 0 Å². The third-order valence-corrected chi connectivity index (χ3v) is 5.41. The van der Waals surface area contributed by atoms with Gasteiger partial charge in [0.25, 0.3) is 0 Å². The molecular weight excluding hydrogens is 332 g/mol. The van der Waals surface area contributed by atoms with Gasteiger partial charge in [0, 0.05) is 17.5 Å². The molecule has 0 aliphatic heterocycles. The maximum atomic E-state index is 8.94. The maximum Gasteiger partial charge on any atom is 0.0991 e. The van der Waals surface area contributed by atoms with Gasteiger partial charge in [-0.05, 0) is 64.5 Å². The zero-order chi connectivity index (χ0) is 13.9. The second kappa shape index (κ2) is 6.09. The van der Waals surface area contributed by atoms with Gasteiger partial charge in [0.2, 0.25) is 0 Å². The molecule has 1 aromatic heterocycles. The Balaban J connectivity index is 1.71. The molecule has 0 spiro atoms. The Morgan fingerprint density at radius 1 is 1.40 bits per heavy atom. The van der Waals surface area contributed by atoms with E-state index in [0.29, 0.717) is 6.04 Å². The maximum absolute atomic E-state index is 8.94. The van der Waals surface area contributed by atoms with Crippen LogP contribution in [0.3, 0.4) is 0 Å². The van der Waals surface area contributed by atoms with Crippen LogP contribution in [0.25, 0.3) is 0 Å². The summed E-state index contributed by atoms with van der Waals surface area (Å²) in [6, 6.07) is 12.7. The van der Waals surface area contributed by atoms with Gasteiger partial charge in [-0.1, -0.05) is 12.1 Å². The van der Waals surface area contributed by atoms with Crippen molar-refractivity contribution in [2.75, 3.05) is 0 Å². The normalized spacial score (nSPS) is 17.5. The summed E-state index contributed by atoms with van der Waals surface area (Å²) in [4.78, 5) is 1.51. The van der Waals surface area contributed by atoms with Crippen LogP contribution in [0, 0.1) is 11.3 Å². The van der Waals surface area contributed by atoms with Crippen LogP contribution in [0.1, 0.15) is 40.5 Å². The molecule has 0 amide bonds. The van der Waals surface area contributed by atoms with Crippen LogP contribution in [-0.2, 0) is 13.0 Å². The van der Waals surface area contributed by atoms with Crippen molar-refractivity contribution in [3.05, 3.63) is 55.7 Å². The lowest BCUT2D eigenvalue weighted by Gasteiger charge is -2.23. The van der Waals surface area contributed by atoms with Gasteiger partial charge >= 0.3 is 0 Å². The van der Waals surface area contributed by atoms with Crippen molar-refractivity contribution >= 4 is 27.3 Å². The van der Waals surface area contributed by atoms with E-state index in [0.717, 1.165) is 12.1 Å². The predicted octanol–water partition coefficient (Wildman–Crippen LogP) is 4.55. The number of nitriles is 1. The minimum Gasteiger partial charge on any atom is -0.306 e. The van der Waals surface area contributed by atoms with Gasteiger partial charge in [0.1, 0.15) is 0 Å². The smallest absolute Gasteiger partial charge is 0.0991 e. The highest BCUT2D eigenvalue weighted by atomic mass is 79.9. The average molecular weight is 347 g/mol. The number of hydrogen-bond acceptors (Lipinski definition) is 3. The van der Waals surface area contributed by atoms with Crippen LogP contribution in [0.4, 0.5) is 0 Å². The van der Waals surface area contributed by atoms with Crippen molar-refractivity contribution in [2.45, 2.75) is 31.8 Å². The number of hydrogen-bond donors (Lipinski definition) is 1. The Morgan fingerprint density at radius 2 is 2.30 bits per heavy atom. The fraction of sp³-hybridized carbons (Fsp3) is 0.312. The summed E-state index contributed by atoms with van der Waals surface area (Å²) < 4.78 is 1.22. The first-order valence-electron chi connectivity index (χ1n) is 6.77. The van der Waals surface area contributed by atoms with Crippen molar-refractivity contribution in [1.29, 1.82) is 5.26 Å². The number of thiophene rings is 1. The van der Waals surface area contributed by atoms with Gasteiger partial charge in [0.15, 0.2) is 0 Å². The molecule has 0 bridgehead atoms. The fourth-order valence-electron chi connectivity index (χ4n) is 2.73. The Kier molecular flexibility index (Phi) is 4.21. The molecule has 2 aromatic rings. The Morgan fingerprint density at radius 3 is 3.15 bits per heavy atom. The predicted molar refractivity (Wildman–Crippen MR) is 85.7 cm³/mol. The van der Waals surface area contributed by atoms with Gasteiger partial charge in [-0.2, -0.15) is 5.26 Å². The molecule has 102 valence electrons. The van der Waals surface area contributed by atoms with E-state index >= 15 is 0 Å². The summed E-state index contributed by atoms with van der Waals surface area (Å²) in [7, 11) is 0. The summed E-state index contributed by atoms with van der Waals surface area (Å²) in [5.74, 6) is 0. The topological polar surface area (TPSA) is 35.8 Å². The Labute approximate surface area is 131 Å². The summed E-state index contributed by atoms with van der Waals surface area (Å²) in [5.41, 5.74) is 3.35. The van der Waals surface area contributed by atoms with Crippen LogP contribution >= 0.6 is 27.3 Å². The number of halogens is 1. The zero-order valence-corrected chi connectivity index (χ0v) is 13.4. The van der Waals surface area contributed by atoms with Crippen molar-refractivity contribution in [2.24, 2.45) is 0 Å². The first-order valence-corrected chi connectivity index (χ1v) is 8.38. The number of benzene rings is 1. The molecule has 0 saturated carbocycles. The van der Waals surface area contributed by atoms with E-state index in [4.69, 9.17) is 5.26 Å². The molecule has 0 fully saturated rings. The van der Waals surface area contributed by atoms with E-state index in [2.05, 4.69) is 39.4 Å². The third-order valence-electron chi connectivity index (χ3n) is 3.69. The number of rotatable bonds is 3. The number of aryl methyl sites for hydroxylation is 1. The van der Waals surface area contributed by atoms with Crippen LogP contribution in [0.15, 0.2) is 34.1 Å². The molecule has 1 N–H and O–H groups in total. The van der Waals surface area contributed by atoms with Crippen LogP contribution in [0.2, 0.25) is 0 Å². The van der Waals surface area contributed by atoms with E-state index < -0.39 is 0 Å². The molecule has 1 aliphatic carbocycles. The number of nitrogens with zero attached hydrogens (tertiary/aromatic N) is 1. The molecule has 1 heterocycles. The zero-order valence-electron chi connectivity index (χ0n) is 11.0. The fourth-order valence-corrected chi connectivity index (χ4v) is 4.54. The minimum atomic E-state index is 0.437. The molecular formula is C16H15BrN2S. The van der Waals surface area contributed by atoms with E-state index in [9.17, 15) is 0 Å². The first kappa shape index (κ1) is 13.8. The van der Waals surface area contributed by atoms with Crippen LogP contribution in [0.5, 0.6) is 0 Å². The lowest BCUT2D eigenvalue weighted by molar-refractivity contribution is 0.463. The van der Waals surface area contributed by atoms with Crippen LogP contribution < -0.4 is 5.32 Å². The highest BCUT2D eigenvalue weighted by Crippen LogP contribution is 2.38. The highest BCUT2D eigenvalue weighted by molar-refractivity contribution is 9.11. The van der Waals surface area contributed by atoms with Crippen molar-refractivity contribution in [1.82, 2.24) is 5.32 Å². The summed E-state index contributed by atoms with van der Waals surface area (Å²) in [5, 5.41) is 12.6. The number of nitrogens with one attached hydrogen (secondary N) is 1. The molecule has 1 aliphatic rings. The summed E-state index contributed by atoms with van der Waals surface area (Å²) >= 11 is 5.44. The second-order valence-corrected chi connectivity index (χ2v) is 7.58. The summed E-state index contributed by atoms with van der Waals surface area (Å²) in [6.45, 7) is 0.813. The van der Waals surface area contributed by atoms with Crippen molar-refractivity contribution in [3.63, 3.8) is 0 Å². The molecule has 2 nitrogen and oxygen atoms in total. The summed E-state index contributed by atoms with van der Waals surface area (Å²) in [6.07, 6.45) is 3.64. The van der Waals surface area contributed by atoms with Gasteiger partial charge in [-0.25, -0.2) is 0 Å². The Bertz CT molecular complexity index is 657. The largest absolute Gasteiger partial charge is 0.306 e. The van der Waals surface area contributed by atoms with Crippen molar-refractivity contribution in [3.8, 4) is 6.07 Å². The van der Waals surface area contributed by atoms with Gasteiger partial charge in [0.05, 0.1) is 15.4 Å².